The highest BCUT2D eigenvalue weighted by molar-refractivity contribution is 6.33. The number of alkyl carbamates (subject to hydrolysis) is 1. The van der Waals surface area contributed by atoms with E-state index in [1.165, 1.54) is 6.39 Å². The van der Waals surface area contributed by atoms with Gasteiger partial charge in [0.25, 0.3) is 5.91 Å². The molecule has 8 heteroatoms. The zero-order valence-electron chi connectivity index (χ0n) is 18.1. The first-order valence-electron chi connectivity index (χ1n) is 10.7. The molecule has 2 amide bonds. The molecule has 1 N–H and O–H groups in total. The van der Waals surface area contributed by atoms with Crippen LogP contribution in [-0.4, -0.2) is 46.6 Å². The van der Waals surface area contributed by atoms with Gasteiger partial charge in [-0.2, -0.15) is 0 Å². The Morgan fingerprint density at radius 2 is 2.00 bits per heavy atom. The lowest BCUT2D eigenvalue weighted by Crippen LogP contribution is -2.47. The van der Waals surface area contributed by atoms with Gasteiger partial charge in [-0.3, -0.25) is 4.79 Å². The molecule has 1 aromatic carbocycles. The van der Waals surface area contributed by atoms with Gasteiger partial charge in [0.15, 0.2) is 17.8 Å². The van der Waals surface area contributed by atoms with E-state index in [0.29, 0.717) is 35.4 Å². The maximum Gasteiger partial charge on any atom is 0.407 e. The van der Waals surface area contributed by atoms with Crippen LogP contribution in [0.25, 0.3) is 11.3 Å². The highest BCUT2D eigenvalue weighted by atomic mass is 35.5. The van der Waals surface area contributed by atoms with Gasteiger partial charge in [-0.25, -0.2) is 9.78 Å². The molecule has 0 spiro atoms. The second-order valence-electron chi connectivity index (χ2n) is 9.33. The molecule has 2 fully saturated rings. The molecule has 2 aliphatic rings. The Hall–Kier alpha value is -2.54. The van der Waals surface area contributed by atoms with Crippen LogP contribution >= 0.6 is 11.6 Å². The number of hydrogen-bond donors (Lipinski definition) is 1. The molecule has 1 aliphatic carbocycles. The quantitative estimate of drug-likeness (QED) is 0.736. The van der Waals surface area contributed by atoms with E-state index in [9.17, 15) is 9.59 Å². The molecule has 31 heavy (non-hydrogen) atoms. The topological polar surface area (TPSA) is 84.7 Å². The molecule has 1 saturated heterocycles. The molecule has 0 radical (unpaired) electrons. The lowest BCUT2D eigenvalue weighted by molar-refractivity contribution is 0.0460. The maximum absolute atomic E-state index is 13.3. The zero-order chi connectivity index (χ0) is 22.2. The average molecular weight is 446 g/mol. The second kappa shape index (κ2) is 8.54. The molecule has 0 bridgehead atoms. The number of hydrogen-bond acceptors (Lipinski definition) is 5. The van der Waals surface area contributed by atoms with Crippen LogP contribution < -0.4 is 5.32 Å². The van der Waals surface area contributed by atoms with Gasteiger partial charge in [-0.1, -0.05) is 30.2 Å². The van der Waals surface area contributed by atoms with Gasteiger partial charge in [0.1, 0.15) is 5.60 Å². The number of carbonyl (C=O) groups excluding carboxylic acids is 2. The monoisotopic (exact) mass is 445 g/mol. The summed E-state index contributed by atoms with van der Waals surface area (Å²) in [5.74, 6) is 0.747. The normalized spacial score (nSPS) is 23.4. The Morgan fingerprint density at radius 1 is 1.23 bits per heavy atom. The van der Waals surface area contributed by atoms with Crippen molar-refractivity contribution in [3.05, 3.63) is 41.4 Å². The summed E-state index contributed by atoms with van der Waals surface area (Å²) in [5.41, 5.74) is 0.368. The fourth-order valence-corrected chi connectivity index (χ4v) is 4.88. The van der Waals surface area contributed by atoms with Gasteiger partial charge in [0.05, 0.1) is 5.02 Å². The SMILES string of the molecule is CC(C)(C)OC(=O)NC1CCCC2CN(C(=O)c3ncoc3-c3ccccc3Cl)CC21. The Kier molecular flexibility index (Phi) is 5.97. The summed E-state index contributed by atoms with van der Waals surface area (Å²) in [6, 6.07) is 7.23. The number of halogens is 1. The first kappa shape index (κ1) is 21.7. The summed E-state index contributed by atoms with van der Waals surface area (Å²) in [5, 5.41) is 3.54. The van der Waals surface area contributed by atoms with E-state index in [0.717, 1.165) is 19.3 Å². The summed E-state index contributed by atoms with van der Waals surface area (Å²) in [7, 11) is 0. The molecule has 3 unspecified atom stereocenters. The van der Waals surface area contributed by atoms with Crippen molar-refractivity contribution in [1.29, 1.82) is 0 Å². The van der Waals surface area contributed by atoms with Gasteiger partial charge in [0.2, 0.25) is 0 Å². The third-order valence-corrected chi connectivity index (χ3v) is 6.31. The Morgan fingerprint density at radius 3 is 2.74 bits per heavy atom. The summed E-state index contributed by atoms with van der Waals surface area (Å²) < 4.78 is 11.0. The van der Waals surface area contributed by atoms with Crippen molar-refractivity contribution in [2.24, 2.45) is 11.8 Å². The first-order valence-corrected chi connectivity index (χ1v) is 11.1. The minimum atomic E-state index is -0.544. The molecule has 7 nitrogen and oxygen atoms in total. The minimum Gasteiger partial charge on any atom is -0.444 e. The van der Waals surface area contributed by atoms with Crippen molar-refractivity contribution >= 4 is 23.6 Å². The molecule has 3 atom stereocenters. The Labute approximate surface area is 187 Å². The number of likely N-dealkylation sites (tertiary alicyclic amines) is 1. The van der Waals surface area contributed by atoms with E-state index >= 15 is 0 Å². The van der Waals surface area contributed by atoms with Gasteiger partial charge in [-0.15, -0.1) is 0 Å². The molecule has 166 valence electrons. The molecule has 1 saturated carbocycles. The summed E-state index contributed by atoms with van der Waals surface area (Å²) in [6.45, 7) is 6.76. The van der Waals surface area contributed by atoms with Crippen LogP contribution in [0.4, 0.5) is 4.79 Å². The number of oxazole rings is 1. The van der Waals surface area contributed by atoms with Crippen LogP contribution in [-0.2, 0) is 4.74 Å². The smallest absolute Gasteiger partial charge is 0.407 e. The van der Waals surface area contributed by atoms with E-state index in [1.807, 2.05) is 43.9 Å². The van der Waals surface area contributed by atoms with Gasteiger partial charge >= 0.3 is 6.09 Å². The number of ether oxygens (including phenoxy) is 1. The highest BCUT2D eigenvalue weighted by Gasteiger charge is 2.43. The predicted molar refractivity (Wildman–Crippen MR) is 117 cm³/mol. The van der Waals surface area contributed by atoms with E-state index in [2.05, 4.69) is 10.3 Å². The van der Waals surface area contributed by atoms with Crippen LogP contribution in [0.3, 0.4) is 0 Å². The number of carbonyl (C=O) groups is 2. The summed E-state index contributed by atoms with van der Waals surface area (Å²) in [4.78, 5) is 31.6. The summed E-state index contributed by atoms with van der Waals surface area (Å²) in [6.07, 6.45) is 3.81. The first-order chi connectivity index (χ1) is 14.7. The van der Waals surface area contributed by atoms with Crippen molar-refractivity contribution < 1.29 is 18.7 Å². The lowest BCUT2D eigenvalue weighted by atomic mass is 9.78. The van der Waals surface area contributed by atoms with E-state index in [1.54, 1.807) is 6.07 Å². The molecule has 1 aromatic heterocycles. The third-order valence-electron chi connectivity index (χ3n) is 5.98. The van der Waals surface area contributed by atoms with Crippen LogP contribution in [0.1, 0.15) is 50.5 Å². The lowest BCUT2D eigenvalue weighted by Gasteiger charge is -2.33. The molecular weight excluding hydrogens is 418 g/mol. The van der Waals surface area contributed by atoms with E-state index in [-0.39, 0.29) is 23.6 Å². The fourth-order valence-electron chi connectivity index (χ4n) is 4.66. The Bertz CT molecular complexity index is 968. The van der Waals surface area contributed by atoms with Gasteiger partial charge in [-0.05, 0) is 51.7 Å². The van der Waals surface area contributed by atoms with Crippen molar-refractivity contribution in [3.63, 3.8) is 0 Å². The van der Waals surface area contributed by atoms with Crippen molar-refractivity contribution in [3.8, 4) is 11.3 Å². The van der Waals surface area contributed by atoms with Crippen molar-refractivity contribution in [1.82, 2.24) is 15.2 Å². The van der Waals surface area contributed by atoms with Crippen LogP contribution in [0.2, 0.25) is 5.02 Å². The number of nitrogens with zero attached hydrogens (tertiary/aromatic N) is 2. The minimum absolute atomic E-state index is 0.00764. The number of amides is 2. The fraction of sp³-hybridized carbons (Fsp3) is 0.522. The molecule has 4 rings (SSSR count). The standard InChI is InChI=1S/C23H28ClN3O4/c1-23(2,3)31-22(29)26-18-10-6-7-14-11-27(12-16(14)18)21(28)19-20(30-13-25-19)15-8-4-5-9-17(15)24/h4-5,8-9,13-14,16,18H,6-7,10-12H2,1-3H3,(H,26,29). The number of fused-ring (bicyclic) bond motifs is 1. The largest absolute Gasteiger partial charge is 0.444 e. The number of nitrogens with one attached hydrogen (secondary N) is 1. The molecule has 1 aliphatic heterocycles. The van der Waals surface area contributed by atoms with Crippen LogP contribution in [0.5, 0.6) is 0 Å². The second-order valence-corrected chi connectivity index (χ2v) is 9.73. The van der Waals surface area contributed by atoms with Crippen LogP contribution in [0.15, 0.2) is 35.1 Å². The molecular formula is C23H28ClN3O4. The average Bonchev–Trinajstić information content (AvgIpc) is 3.34. The number of aromatic nitrogens is 1. The number of rotatable bonds is 3. The Balaban J connectivity index is 1.48. The molecule has 2 aromatic rings. The third kappa shape index (κ3) is 4.71. The zero-order valence-corrected chi connectivity index (χ0v) is 18.8. The summed E-state index contributed by atoms with van der Waals surface area (Å²) >= 11 is 6.30. The van der Waals surface area contributed by atoms with Crippen molar-refractivity contribution in [2.45, 2.75) is 51.7 Å². The maximum atomic E-state index is 13.3. The van der Waals surface area contributed by atoms with E-state index in [4.69, 9.17) is 20.8 Å². The van der Waals surface area contributed by atoms with Crippen LogP contribution in [0, 0.1) is 11.8 Å². The number of benzene rings is 1. The highest BCUT2D eigenvalue weighted by Crippen LogP contribution is 2.38. The van der Waals surface area contributed by atoms with Crippen molar-refractivity contribution in [2.75, 3.05) is 13.1 Å². The predicted octanol–water partition coefficient (Wildman–Crippen LogP) is 4.76. The van der Waals surface area contributed by atoms with Gasteiger partial charge < -0.3 is 19.4 Å². The van der Waals surface area contributed by atoms with Gasteiger partial charge in [0, 0.05) is 30.6 Å². The van der Waals surface area contributed by atoms with E-state index < -0.39 is 11.7 Å². The molecule has 2 heterocycles.